The standard InChI is InChI=1S/C14H20IO2/c1-3-5-10-16-13-9-7-8-12(15)14(13)17-11-6-4-2/h7,9H,3-6,10-11H2,1-2H3. The van der Waals surface area contributed by atoms with Crippen LogP contribution in [0.3, 0.4) is 0 Å². The zero-order chi connectivity index (χ0) is 12.5. The van der Waals surface area contributed by atoms with Crippen molar-refractivity contribution in [2.45, 2.75) is 39.5 Å². The molecule has 0 atom stereocenters. The van der Waals surface area contributed by atoms with Crippen molar-refractivity contribution in [2.24, 2.45) is 0 Å². The van der Waals surface area contributed by atoms with Crippen molar-refractivity contribution in [1.82, 2.24) is 0 Å². The van der Waals surface area contributed by atoms with Gasteiger partial charge in [-0.2, -0.15) is 0 Å². The summed E-state index contributed by atoms with van der Waals surface area (Å²) in [4.78, 5) is 0. The molecule has 17 heavy (non-hydrogen) atoms. The molecule has 0 amide bonds. The molecule has 0 saturated heterocycles. The summed E-state index contributed by atoms with van der Waals surface area (Å²) in [6.45, 7) is 5.81. The van der Waals surface area contributed by atoms with E-state index in [-0.39, 0.29) is 0 Å². The lowest BCUT2D eigenvalue weighted by Crippen LogP contribution is -2.03. The number of ether oxygens (including phenoxy) is 2. The molecule has 1 radical (unpaired) electrons. The molecular formula is C14H20IO2. The monoisotopic (exact) mass is 347 g/mol. The topological polar surface area (TPSA) is 18.5 Å². The van der Waals surface area contributed by atoms with E-state index in [1.165, 1.54) is 0 Å². The Labute approximate surface area is 118 Å². The molecule has 1 rings (SSSR count). The van der Waals surface area contributed by atoms with E-state index in [0.29, 0.717) is 0 Å². The first-order valence-electron chi connectivity index (χ1n) is 6.25. The smallest absolute Gasteiger partial charge is 0.175 e. The average molecular weight is 347 g/mol. The minimum atomic E-state index is 0.745. The number of rotatable bonds is 8. The summed E-state index contributed by atoms with van der Waals surface area (Å²) in [6, 6.07) is 6.95. The molecule has 0 N–H and O–H groups in total. The SMILES string of the molecule is CCCCOc1cc[c]c(I)c1OCCCC. The molecule has 0 aliphatic carbocycles. The average Bonchev–Trinajstić information content (AvgIpc) is 2.33. The third-order valence-electron chi connectivity index (χ3n) is 2.37. The zero-order valence-corrected chi connectivity index (χ0v) is 12.7. The molecule has 0 bridgehead atoms. The van der Waals surface area contributed by atoms with Gasteiger partial charge in [0.25, 0.3) is 0 Å². The predicted molar refractivity (Wildman–Crippen MR) is 78.8 cm³/mol. The highest BCUT2D eigenvalue weighted by Gasteiger charge is 2.09. The Balaban J connectivity index is 2.63. The van der Waals surface area contributed by atoms with Crippen LogP contribution in [-0.2, 0) is 0 Å². The molecule has 0 aliphatic heterocycles. The zero-order valence-electron chi connectivity index (χ0n) is 10.6. The maximum Gasteiger partial charge on any atom is 0.175 e. The number of hydrogen-bond donors (Lipinski definition) is 0. The Morgan fingerprint density at radius 1 is 1.12 bits per heavy atom. The summed E-state index contributed by atoms with van der Waals surface area (Å²) < 4.78 is 12.5. The van der Waals surface area contributed by atoms with E-state index < -0.39 is 0 Å². The second-order valence-corrected chi connectivity index (χ2v) is 4.97. The first-order valence-corrected chi connectivity index (χ1v) is 7.33. The molecule has 3 heteroatoms. The molecule has 0 heterocycles. The van der Waals surface area contributed by atoms with Crippen molar-refractivity contribution in [2.75, 3.05) is 13.2 Å². The fourth-order valence-corrected chi connectivity index (χ4v) is 1.93. The van der Waals surface area contributed by atoms with Crippen LogP contribution in [0.15, 0.2) is 12.1 Å². The lowest BCUT2D eigenvalue weighted by molar-refractivity contribution is 0.260. The highest BCUT2D eigenvalue weighted by Crippen LogP contribution is 2.32. The Kier molecular flexibility index (Phi) is 7.40. The number of halogens is 1. The Morgan fingerprint density at radius 2 is 1.76 bits per heavy atom. The van der Waals surface area contributed by atoms with Crippen molar-refractivity contribution in [3.63, 3.8) is 0 Å². The lowest BCUT2D eigenvalue weighted by Gasteiger charge is -2.13. The van der Waals surface area contributed by atoms with Gasteiger partial charge in [-0.25, -0.2) is 0 Å². The normalized spacial score (nSPS) is 10.3. The van der Waals surface area contributed by atoms with E-state index in [2.05, 4.69) is 42.5 Å². The molecule has 0 unspecified atom stereocenters. The fourth-order valence-electron chi connectivity index (χ4n) is 1.33. The fraction of sp³-hybridized carbons (Fsp3) is 0.571. The van der Waals surface area contributed by atoms with Crippen LogP contribution in [0.25, 0.3) is 0 Å². The van der Waals surface area contributed by atoms with Crippen molar-refractivity contribution in [3.8, 4) is 11.5 Å². The first kappa shape index (κ1) is 14.6. The van der Waals surface area contributed by atoms with Crippen molar-refractivity contribution in [3.05, 3.63) is 21.8 Å². The van der Waals surface area contributed by atoms with Gasteiger partial charge < -0.3 is 9.47 Å². The van der Waals surface area contributed by atoms with Crippen molar-refractivity contribution in [1.29, 1.82) is 0 Å². The van der Waals surface area contributed by atoms with Gasteiger partial charge in [-0.15, -0.1) is 0 Å². The van der Waals surface area contributed by atoms with Gasteiger partial charge in [-0.3, -0.25) is 0 Å². The number of benzene rings is 1. The van der Waals surface area contributed by atoms with Gasteiger partial charge in [0.1, 0.15) is 0 Å². The summed E-state index contributed by atoms with van der Waals surface area (Å²) in [5.74, 6) is 1.69. The summed E-state index contributed by atoms with van der Waals surface area (Å²) in [6.07, 6.45) is 4.42. The molecule has 0 fully saturated rings. The van der Waals surface area contributed by atoms with E-state index in [4.69, 9.17) is 9.47 Å². The van der Waals surface area contributed by atoms with Gasteiger partial charge >= 0.3 is 0 Å². The number of unbranched alkanes of at least 4 members (excludes halogenated alkanes) is 2. The summed E-state index contributed by atoms with van der Waals surface area (Å²) >= 11 is 2.24. The summed E-state index contributed by atoms with van der Waals surface area (Å²) in [7, 11) is 0. The first-order chi connectivity index (χ1) is 8.29. The lowest BCUT2D eigenvalue weighted by atomic mass is 10.3. The highest BCUT2D eigenvalue weighted by molar-refractivity contribution is 14.1. The quantitative estimate of drug-likeness (QED) is 0.511. The minimum Gasteiger partial charge on any atom is -0.490 e. The minimum absolute atomic E-state index is 0.745. The second-order valence-electron chi connectivity index (χ2n) is 3.89. The molecule has 1 aromatic rings. The van der Waals surface area contributed by atoms with Crippen LogP contribution in [0.1, 0.15) is 39.5 Å². The number of hydrogen-bond acceptors (Lipinski definition) is 2. The third kappa shape index (κ3) is 5.15. The van der Waals surface area contributed by atoms with Crippen molar-refractivity contribution < 1.29 is 9.47 Å². The largest absolute Gasteiger partial charge is 0.490 e. The van der Waals surface area contributed by atoms with Gasteiger partial charge in [-0.1, -0.05) is 26.7 Å². The molecular weight excluding hydrogens is 327 g/mol. The van der Waals surface area contributed by atoms with Crippen LogP contribution < -0.4 is 9.47 Å². The van der Waals surface area contributed by atoms with E-state index in [1.807, 2.05) is 12.1 Å². The van der Waals surface area contributed by atoms with Crippen LogP contribution in [-0.4, -0.2) is 13.2 Å². The van der Waals surface area contributed by atoms with E-state index in [9.17, 15) is 0 Å². The van der Waals surface area contributed by atoms with Crippen LogP contribution in [0.2, 0.25) is 0 Å². The highest BCUT2D eigenvalue weighted by atomic mass is 127. The molecule has 95 valence electrons. The molecule has 0 spiro atoms. The Hall–Kier alpha value is -0.450. The molecule has 1 aromatic carbocycles. The van der Waals surface area contributed by atoms with Gasteiger partial charge in [0, 0.05) is 6.07 Å². The van der Waals surface area contributed by atoms with E-state index in [0.717, 1.165) is 54.0 Å². The molecule has 0 aliphatic rings. The van der Waals surface area contributed by atoms with E-state index >= 15 is 0 Å². The van der Waals surface area contributed by atoms with Gasteiger partial charge in [0.2, 0.25) is 0 Å². The Morgan fingerprint density at radius 3 is 2.41 bits per heavy atom. The second kappa shape index (κ2) is 8.61. The molecule has 0 aromatic heterocycles. The third-order valence-corrected chi connectivity index (χ3v) is 3.17. The van der Waals surface area contributed by atoms with Crippen LogP contribution in [0.4, 0.5) is 0 Å². The molecule has 0 saturated carbocycles. The van der Waals surface area contributed by atoms with Crippen LogP contribution in [0.5, 0.6) is 11.5 Å². The summed E-state index contributed by atoms with van der Waals surface area (Å²) in [5, 5.41) is 0. The van der Waals surface area contributed by atoms with Gasteiger partial charge in [-0.05, 0) is 47.6 Å². The van der Waals surface area contributed by atoms with Crippen LogP contribution in [0, 0.1) is 9.64 Å². The predicted octanol–water partition coefficient (Wildman–Crippen LogP) is 4.45. The van der Waals surface area contributed by atoms with E-state index in [1.54, 1.807) is 0 Å². The Bertz CT molecular complexity index is 326. The van der Waals surface area contributed by atoms with Crippen molar-refractivity contribution >= 4 is 22.6 Å². The van der Waals surface area contributed by atoms with Gasteiger partial charge in [0.05, 0.1) is 16.8 Å². The summed E-state index contributed by atoms with van der Waals surface area (Å²) in [5.41, 5.74) is 0. The van der Waals surface area contributed by atoms with Crippen LogP contribution >= 0.6 is 22.6 Å². The maximum atomic E-state index is 5.78. The van der Waals surface area contributed by atoms with Gasteiger partial charge in [0.15, 0.2) is 11.5 Å². The maximum absolute atomic E-state index is 5.78. The molecule has 2 nitrogen and oxygen atoms in total.